The van der Waals surface area contributed by atoms with Crippen molar-refractivity contribution in [2.45, 2.75) is 127 Å². The van der Waals surface area contributed by atoms with E-state index in [0.717, 1.165) is 53.1 Å². The fourth-order valence-corrected chi connectivity index (χ4v) is 13.8. The fourth-order valence-electron chi connectivity index (χ4n) is 5.90. The van der Waals surface area contributed by atoms with E-state index in [1.807, 2.05) is 46.5 Å². The van der Waals surface area contributed by atoms with Crippen molar-refractivity contribution in [2.75, 3.05) is 13.2 Å². The summed E-state index contributed by atoms with van der Waals surface area (Å²) in [7, 11) is -15.5. The zero-order valence-electron chi connectivity index (χ0n) is 28.0. The van der Waals surface area contributed by atoms with Crippen molar-refractivity contribution in [2.24, 2.45) is 0 Å². The zero-order valence-corrected chi connectivity index (χ0v) is 31.8. The Hall–Kier alpha value is -0.906. The lowest BCUT2D eigenvalue weighted by molar-refractivity contribution is -0.239. The number of ether oxygens (including phenoxy) is 2. The minimum atomic E-state index is -5.49. The Morgan fingerprint density at radius 3 is 1.98 bits per heavy atom. The number of aliphatic hydroxyl groups excluding tert-OH is 3. The number of hydrogen-bond acceptors (Lipinski definition) is 14. The average Bonchev–Trinajstić information content (AvgIpc) is 3.32. The number of aromatic nitrogens is 2. The molecular formula is C26H50N2O16P2Si2. The molecule has 2 aliphatic rings. The predicted octanol–water partition coefficient (Wildman–Crippen LogP) is 1.90. The van der Waals surface area contributed by atoms with Gasteiger partial charge in [0.2, 0.25) is 0 Å². The zero-order chi connectivity index (χ0) is 36.1. The topological polar surface area (TPSA) is 255 Å². The van der Waals surface area contributed by atoms with E-state index in [1.54, 1.807) is 0 Å². The second kappa shape index (κ2) is 17.1. The largest absolute Gasteiger partial charge is 0.483 e. The predicted molar refractivity (Wildman–Crippen MR) is 175 cm³/mol. The molecule has 0 aliphatic carbocycles. The van der Waals surface area contributed by atoms with E-state index in [1.165, 1.54) is 0 Å². The molecule has 3 heterocycles. The number of aromatic amines is 1. The molecule has 0 saturated carbocycles. The number of rotatable bonds is 18. The first kappa shape index (κ1) is 41.5. The lowest BCUT2D eigenvalue weighted by Crippen LogP contribution is -2.61. The Bertz CT molecular complexity index is 1390. The van der Waals surface area contributed by atoms with Crippen LogP contribution in [0.15, 0.2) is 21.9 Å². The summed E-state index contributed by atoms with van der Waals surface area (Å²) in [5, 5.41) is 32.1. The van der Waals surface area contributed by atoms with Crippen molar-refractivity contribution in [3.05, 3.63) is 33.1 Å². The van der Waals surface area contributed by atoms with Crippen LogP contribution in [0.5, 0.6) is 0 Å². The minimum absolute atomic E-state index is 0.158. The molecule has 278 valence electrons. The third-order valence-electron chi connectivity index (χ3n) is 9.37. The van der Waals surface area contributed by atoms with Gasteiger partial charge in [-0.2, -0.15) is 4.31 Å². The lowest BCUT2D eigenvalue weighted by atomic mass is 10.1. The molecule has 0 spiro atoms. The quantitative estimate of drug-likeness (QED) is 0.0922. The van der Waals surface area contributed by atoms with Gasteiger partial charge in [0.25, 0.3) is 5.56 Å². The van der Waals surface area contributed by atoms with Gasteiger partial charge in [0, 0.05) is 12.3 Å². The fraction of sp³-hybridized carbons (Fsp3) is 0.846. The van der Waals surface area contributed by atoms with Crippen molar-refractivity contribution in [1.82, 2.24) is 9.55 Å². The molecule has 2 fully saturated rings. The van der Waals surface area contributed by atoms with E-state index >= 15 is 0 Å². The van der Waals surface area contributed by atoms with Crippen LogP contribution in [0.25, 0.3) is 0 Å². The number of hydrogen-bond donors (Lipinski definition) is 6. The number of phosphoric acid groups is 2. The molecular weight excluding hydrogens is 714 g/mol. The lowest BCUT2D eigenvalue weighted by Gasteiger charge is -2.46. The Labute approximate surface area is 280 Å². The van der Waals surface area contributed by atoms with E-state index in [0.29, 0.717) is 0 Å². The van der Waals surface area contributed by atoms with E-state index in [9.17, 15) is 43.8 Å². The van der Waals surface area contributed by atoms with E-state index in [-0.39, 0.29) is 6.61 Å². The van der Waals surface area contributed by atoms with E-state index in [2.05, 4.69) is 4.31 Å². The Morgan fingerprint density at radius 2 is 1.44 bits per heavy atom. The highest BCUT2D eigenvalue weighted by atomic mass is 31.3. The maximum atomic E-state index is 12.9. The molecule has 0 amide bonds. The molecule has 1 aromatic rings. The number of aliphatic hydroxyl groups is 3. The van der Waals surface area contributed by atoms with Crippen LogP contribution in [0.1, 0.15) is 47.8 Å². The van der Waals surface area contributed by atoms with Gasteiger partial charge in [0.15, 0.2) is 29.2 Å². The van der Waals surface area contributed by atoms with Crippen molar-refractivity contribution in [1.29, 1.82) is 0 Å². The highest BCUT2D eigenvalue weighted by Crippen LogP contribution is 2.61. The smallest absolute Gasteiger partial charge is 0.409 e. The summed E-state index contributed by atoms with van der Waals surface area (Å²) >= 11 is 0. The average molecular weight is 765 g/mol. The van der Waals surface area contributed by atoms with Crippen molar-refractivity contribution in [3.63, 3.8) is 0 Å². The highest BCUT2D eigenvalue weighted by molar-refractivity contribution is 7.61. The number of nitrogens with one attached hydrogen (secondary N) is 1. The van der Waals surface area contributed by atoms with Crippen LogP contribution in [-0.2, 0) is 40.8 Å². The first-order chi connectivity index (χ1) is 22.4. The van der Waals surface area contributed by atoms with E-state index in [4.69, 9.17) is 27.4 Å². The number of phosphoric ester groups is 2. The SMILES string of the molecule is CC[Si](CC)(CC)O[C@@H]1[C@@H](O)[C@H](OP(=O)(O)OP(=O)(O)OC[C@H]2O[C@@H](n3ccc(=O)[nH]c3=O)[C@H](O)[C@@H]2O)OC[C@@H]1O[Si](CC)(CC)CC. The molecule has 0 aromatic carbocycles. The molecule has 10 atom stereocenters. The van der Waals surface area contributed by atoms with Crippen LogP contribution in [0.4, 0.5) is 0 Å². The van der Waals surface area contributed by atoms with Crippen LogP contribution >= 0.6 is 15.6 Å². The molecule has 1 aromatic heterocycles. The molecule has 6 N–H and O–H groups in total. The molecule has 2 unspecified atom stereocenters. The van der Waals surface area contributed by atoms with Gasteiger partial charge in [-0.1, -0.05) is 41.5 Å². The monoisotopic (exact) mass is 764 g/mol. The third kappa shape index (κ3) is 9.90. The Morgan fingerprint density at radius 1 is 0.875 bits per heavy atom. The summed E-state index contributed by atoms with van der Waals surface area (Å²) in [4.78, 5) is 46.1. The Balaban J connectivity index is 1.71. The molecule has 22 heteroatoms. The van der Waals surface area contributed by atoms with Crippen LogP contribution in [0.3, 0.4) is 0 Å². The Kier molecular flexibility index (Phi) is 14.8. The number of nitrogens with zero attached hydrogens (tertiary/aromatic N) is 1. The molecule has 3 rings (SSSR count). The van der Waals surface area contributed by atoms with Crippen molar-refractivity contribution >= 4 is 32.3 Å². The summed E-state index contributed by atoms with van der Waals surface area (Å²) in [6.45, 7) is 11.1. The molecule has 2 aliphatic heterocycles. The maximum Gasteiger partial charge on any atom is 0.483 e. The van der Waals surface area contributed by atoms with Crippen LogP contribution < -0.4 is 11.2 Å². The van der Waals surface area contributed by atoms with Crippen molar-refractivity contribution in [3.8, 4) is 0 Å². The summed E-state index contributed by atoms with van der Waals surface area (Å²) in [5.74, 6) is 0. The second-order valence-corrected chi connectivity index (χ2v) is 24.3. The summed E-state index contributed by atoms with van der Waals surface area (Å²) in [6.07, 6.45) is -10.6. The molecule has 2 saturated heterocycles. The summed E-state index contributed by atoms with van der Waals surface area (Å²) in [5.41, 5.74) is -1.67. The van der Waals surface area contributed by atoms with Crippen LogP contribution in [0.2, 0.25) is 36.3 Å². The van der Waals surface area contributed by atoms with Gasteiger partial charge in [0.05, 0.1) is 19.3 Å². The van der Waals surface area contributed by atoms with Gasteiger partial charge in [-0.25, -0.2) is 13.9 Å². The summed E-state index contributed by atoms with van der Waals surface area (Å²) < 4.78 is 64.9. The molecule has 48 heavy (non-hydrogen) atoms. The standard InChI is InChI=1S/C26H50N2O16P2Si2/c1-7-47(8-2,9-3)42-18-15-38-25(22(32)23(18)43-48(10-4,11-5)12-6)41-46(36,37)44-45(34,35)39-16-17-20(30)21(31)24(40-17)28-14-13-19(29)27-26(28)33/h13-14,17-18,20-25,30-32H,7-12,15-16H2,1-6H3,(H,34,35)(H,36,37)(H,27,29,33)/t17-,18+,20-,21-,22-,23+,24-,25+/m1/s1. The summed E-state index contributed by atoms with van der Waals surface area (Å²) in [6, 6.07) is 5.65. The maximum absolute atomic E-state index is 12.9. The third-order valence-corrected chi connectivity index (χ3v) is 21.3. The first-order valence-corrected chi connectivity index (χ1v) is 24.2. The highest BCUT2D eigenvalue weighted by Gasteiger charge is 2.51. The molecule has 0 radical (unpaired) electrons. The number of H-pyrrole nitrogens is 1. The normalized spacial score (nSPS) is 31.0. The van der Waals surface area contributed by atoms with Gasteiger partial charge < -0.3 is 43.4 Å². The first-order valence-electron chi connectivity index (χ1n) is 16.1. The minimum Gasteiger partial charge on any atom is -0.409 e. The van der Waals surface area contributed by atoms with Gasteiger partial charge in [-0.3, -0.25) is 23.4 Å². The van der Waals surface area contributed by atoms with Gasteiger partial charge in [0.1, 0.15) is 30.5 Å². The van der Waals surface area contributed by atoms with Crippen LogP contribution in [-0.4, -0.2) is 107 Å². The van der Waals surface area contributed by atoms with Gasteiger partial charge >= 0.3 is 21.3 Å². The van der Waals surface area contributed by atoms with Crippen molar-refractivity contribution < 1.29 is 65.9 Å². The van der Waals surface area contributed by atoms with Gasteiger partial charge in [-0.05, 0) is 36.3 Å². The van der Waals surface area contributed by atoms with Crippen LogP contribution in [0, 0.1) is 0 Å². The van der Waals surface area contributed by atoms with Gasteiger partial charge in [-0.15, -0.1) is 0 Å². The molecule has 0 bridgehead atoms. The molecule has 18 nitrogen and oxygen atoms in total. The second-order valence-electron chi connectivity index (χ2n) is 11.9. The van der Waals surface area contributed by atoms with E-state index < -0.39 is 99.3 Å².